The van der Waals surface area contributed by atoms with Crippen LogP contribution in [-0.2, 0) is 28.2 Å². The van der Waals surface area contributed by atoms with E-state index in [2.05, 4.69) is 0 Å². The van der Waals surface area contributed by atoms with Crippen LogP contribution in [0, 0.1) is 9.39 Å². The number of benzene rings is 3. The molecule has 0 saturated carbocycles. The fourth-order valence-corrected chi connectivity index (χ4v) is 5.09. The summed E-state index contributed by atoms with van der Waals surface area (Å²) in [7, 11) is -4.35. The Balaban J connectivity index is 1.56. The maximum absolute atomic E-state index is 15.0. The maximum atomic E-state index is 15.0. The van der Waals surface area contributed by atoms with Gasteiger partial charge >= 0.3 is 10.2 Å². The van der Waals surface area contributed by atoms with Crippen LogP contribution >= 0.6 is 22.6 Å². The van der Waals surface area contributed by atoms with Crippen LogP contribution in [-0.4, -0.2) is 24.6 Å². The lowest BCUT2D eigenvalue weighted by Crippen LogP contribution is -2.36. The van der Waals surface area contributed by atoms with E-state index in [4.69, 9.17) is 9.47 Å². The van der Waals surface area contributed by atoms with E-state index in [-0.39, 0.29) is 24.7 Å². The Morgan fingerprint density at radius 2 is 1.55 bits per heavy atom. The predicted octanol–water partition coefficient (Wildman–Crippen LogP) is 4.91. The van der Waals surface area contributed by atoms with Crippen LogP contribution in [0.25, 0.3) is 0 Å². The number of rotatable bonds is 8. The first-order valence-corrected chi connectivity index (χ1v) is 12.3. The van der Waals surface area contributed by atoms with Gasteiger partial charge in [0.05, 0.1) is 12.8 Å². The number of nitrogens with zero attached hydrogens (tertiary/aromatic N) is 2. The van der Waals surface area contributed by atoms with Crippen LogP contribution in [0.15, 0.2) is 84.9 Å². The molecule has 1 aliphatic heterocycles. The predicted molar refractivity (Wildman–Crippen MR) is 130 cm³/mol. The van der Waals surface area contributed by atoms with Gasteiger partial charge in [-0.05, 0) is 45.9 Å². The second-order valence-corrected chi connectivity index (χ2v) is 10.1. The van der Waals surface area contributed by atoms with Gasteiger partial charge in [-0.2, -0.15) is 12.7 Å². The second-order valence-electron chi connectivity index (χ2n) is 7.11. The molecule has 1 N–H and O–H groups in total. The molecule has 3 aromatic rings. The monoisotopic (exact) mass is 582 g/mol. The van der Waals surface area contributed by atoms with Gasteiger partial charge < -0.3 is 14.6 Å². The maximum Gasteiger partial charge on any atom is 0.335 e. The molecular weight excluding hydrogens is 562 g/mol. The fraction of sp³-hybridized carbons (Fsp3) is 0.130. The summed E-state index contributed by atoms with van der Waals surface area (Å²) in [6.45, 7) is -0.188. The van der Waals surface area contributed by atoms with Gasteiger partial charge in [0.25, 0.3) is 0 Å². The number of aliphatic hydroxyl groups excluding tert-OH is 1. The number of aliphatic hydroxyl groups is 1. The lowest BCUT2D eigenvalue weighted by molar-refractivity contribution is 0.0556. The molecule has 0 amide bonds. The van der Waals surface area contributed by atoms with Crippen molar-refractivity contribution in [3.63, 3.8) is 0 Å². The lowest BCUT2D eigenvalue weighted by atomic mass is 10.2. The molecule has 0 radical (unpaired) electrons. The van der Waals surface area contributed by atoms with Crippen molar-refractivity contribution in [1.82, 2.24) is 4.31 Å². The smallest absolute Gasteiger partial charge is 0.335 e. The Bertz CT molecular complexity index is 1260. The average molecular weight is 582 g/mol. The van der Waals surface area contributed by atoms with E-state index in [9.17, 15) is 13.5 Å². The average Bonchev–Trinajstić information content (AvgIpc) is 3.01. The molecule has 0 aliphatic carbocycles. The van der Waals surface area contributed by atoms with Crippen molar-refractivity contribution in [3.05, 3.63) is 105 Å². The minimum atomic E-state index is -4.35. The highest BCUT2D eigenvalue weighted by Gasteiger charge is 2.40. The van der Waals surface area contributed by atoms with Gasteiger partial charge in [0.2, 0.25) is 5.88 Å². The van der Waals surface area contributed by atoms with Crippen molar-refractivity contribution >= 4 is 38.5 Å². The first-order chi connectivity index (χ1) is 15.9. The van der Waals surface area contributed by atoms with E-state index in [1.54, 1.807) is 0 Å². The third-order valence-corrected chi connectivity index (χ3v) is 7.04. The molecule has 0 fully saturated rings. The number of hydrogen-bond acceptors (Lipinski definition) is 5. The minimum Gasteiger partial charge on any atom is -0.493 e. The molecule has 1 heterocycles. The summed E-state index contributed by atoms with van der Waals surface area (Å²) < 4.78 is 54.4. The van der Waals surface area contributed by atoms with Crippen molar-refractivity contribution in [2.75, 3.05) is 11.0 Å². The van der Waals surface area contributed by atoms with Crippen LogP contribution in [0.1, 0.15) is 11.1 Å². The largest absolute Gasteiger partial charge is 0.493 e. The first-order valence-electron chi connectivity index (χ1n) is 9.86. The second kappa shape index (κ2) is 9.98. The topological polar surface area (TPSA) is 79.3 Å². The standard InChI is InChI=1S/C23H20FIN2O5S/c24-20-11-19(25)12-21(32-15-18-9-5-2-6-10-18)23(20)26-13-22(28)27(33(26,29)30)16-31-14-17-7-3-1-4-8-17/h1-13,28H,14-16H2. The summed E-state index contributed by atoms with van der Waals surface area (Å²) in [6, 6.07) is 21.1. The van der Waals surface area contributed by atoms with Crippen molar-refractivity contribution < 1.29 is 27.4 Å². The van der Waals surface area contributed by atoms with Crippen LogP contribution in [0.3, 0.4) is 0 Å². The van der Waals surface area contributed by atoms with E-state index in [1.807, 2.05) is 83.3 Å². The quantitative estimate of drug-likeness (QED) is 0.382. The highest BCUT2D eigenvalue weighted by molar-refractivity contribution is 14.1. The summed E-state index contributed by atoms with van der Waals surface area (Å²) in [6.07, 6.45) is 0.932. The highest BCUT2D eigenvalue weighted by atomic mass is 127. The molecular formula is C23H20FIN2O5S. The van der Waals surface area contributed by atoms with Crippen molar-refractivity contribution in [1.29, 1.82) is 0 Å². The summed E-state index contributed by atoms with van der Waals surface area (Å²) in [5, 5.41) is 10.3. The Kier molecular flexibility index (Phi) is 7.05. The van der Waals surface area contributed by atoms with Gasteiger partial charge in [-0.25, -0.2) is 8.70 Å². The molecule has 0 spiro atoms. The van der Waals surface area contributed by atoms with Crippen molar-refractivity contribution in [3.8, 4) is 5.75 Å². The first kappa shape index (κ1) is 23.3. The van der Waals surface area contributed by atoms with Gasteiger partial charge in [-0.15, -0.1) is 0 Å². The molecule has 3 aromatic carbocycles. The molecule has 7 nitrogen and oxygen atoms in total. The van der Waals surface area contributed by atoms with Crippen LogP contribution in [0.4, 0.5) is 10.1 Å². The number of hydrogen-bond donors (Lipinski definition) is 1. The third kappa shape index (κ3) is 5.23. The van der Waals surface area contributed by atoms with Gasteiger partial charge in [0, 0.05) is 3.57 Å². The Hall–Kier alpha value is -2.83. The molecule has 0 saturated heterocycles. The number of anilines is 1. The fourth-order valence-electron chi connectivity index (χ4n) is 3.20. The summed E-state index contributed by atoms with van der Waals surface area (Å²) >= 11 is 1.92. The molecule has 4 rings (SSSR count). The van der Waals surface area contributed by atoms with E-state index in [0.29, 0.717) is 12.2 Å². The summed E-state index contributed by atoms with van der Waals surface area (Å²) in [5.41, 5.74) is 1.36. The molecule has 33 heavy (non-hydrogen) atoms. The van der Waals surface area contributed by atoms with Gasteiger partial charge in [-0.3, -0.25) is 0 Å². The summed E-state index contributed by atoms with van der Waals surface area (Å²) in [5.74, 6) is -1.36. The van der Waals surface area contributed by atoms with Crippen LogP contribution in [0.2, 0.25) is 0 Å². The van der Waals surface area contributed by atoms with Gasteiger partial charge in [-0.1, -0.05) is 60.7 Å². The minimum absolute atomic E-state index is 0.0305. The Morgan fingerprint density at radius 3 is 2.18 bits per heavy atom. The van der Waals surface area contributed by atoms with E-state index in [0.717, 1.165) is 17.3 Å². The molecule has 10 heteroatoms. The van der Waals surface area contributed by atoms with Crippen LogP contribution < -0.4 is 9.04 Å². The number of ether oxygens (including phenoxy) is 2. The molecule has 172 valence electrons. The van der Waals surface area contributed by atoms with E-state index < -0.39 is 28.6 Å². The zero-order chi connectivity index (χ0) is 23.4. The van der Waals surface area contributed by atoms with Crippen LogP contribution in [0.5, 0.6) is 5.75 Å². The third-order valence-electron chi connectivity index (χ3n) is 4.79. The Labute approximate surface area is 205 Å². The van der Waals surface area contributed by atoms with Crippen molar-refractivity contribution in [2.24, 2.45) is 0 Å². The van der Waals surface area contributed by atoms with E-state index >= 15 is 4.39 Å². The zero-order valence-corrected chi connectivity index (χ0v) is 20.2. The highest BCUT2D eigenvalue weighted by Crippen LogP contribution is 2.39. The lowest BCUT2D eigenvalue weighted by Gasteiger charge is -2.23. The summed E-state index contributed by atoms with van der Waals surface area (Å²) in [4.78, 5) is 0. The zero-order valence-electron chi connectivity index (χ0n) is 17.3. The molecule has 0 aromatic heterocycles. The normalized spacial score (nSPS) is 14.9. The molecule has 0 atom stereocenters. The Morgan fingerprint density at radius 1 is 0.939 bits per heavy atom. The van der Waals surface area contributed by atoms with Gasteiger partial charge in [0.15, 0.2) is 5.82 Å². The SMILES string of the molecule is O=S1(=O)N(COCc2ccccc2)C(O)=CN1c1c(F)cc(I)cc1OCc1ccccc1. The van der Waals surface area contributed by atoms with E-state index in [1.165, 1.54) is 12.1 Å². The molecule has 1 aliphatic rings. The number of halogens is 2. The van der Waals surface area contributed by atoms with Gasteiger partial charge in [0.1, 0.15) is 24.8 Å². The molecule has 0 unspecified atom stereocenters. The van der Waals surface area contributed by atoms with Crippen molar-refractivity contribution in [2.45, 2.75) is 13.2 Å². The molecule has 0 bridgehead atoms.